The zero-order chi connectivity index (χ0) is 18.1. The van der Waals surface area contributed by atoms with E-state index < -0.39 is 0 Å². The van der Waals surface area contributed by atoms with Gasteiger partial charge in [-0.1, -0.05) is 13.3 Å². The van der Waals surface area contributed by atoms with E-state index in [2.05, 4.69) is 18.4 Å². The highest BCUT2D eigenvalue weighted by atomic mass is 16.2. The molecule has 138 valence electrons. The van der Waals surface area contributed by atoms with Crippen molar-refractivity contribution >= 4 is 11.2 Å². The summed E-state index contributed by atoms with van der Waals surface area (Å²) >= 11 is 0. The molecule has 0 spiro atoms. The zero-order valence-corrected chi connectivity index (χ0v) is 15.8. The van der Waals surface area contributed by atoms with E-state index in [1.807, 2.05) is 0 Å². The third-order valence-electron chi connectivity index (χ3n) is 5.63. The molecule has 2 atom stereocenters. The van der Waals surface area contributed by atoms with E-state index in [9.17, 15) is 9.59 Å². The molecule has 0 aromatic carbocycles. The van der Waals surface area contributed by atoms with Crippen LogP contribution in [0, 0.1) is 0 Å². The topological polar surface area (TPSA) is 66.3 Å². The van der Waals surface area contributed by atoms with Gasteiger partial charge in [-0.2, -0.15) is 0 Å². The number of hydrogen-bond donors (Lipinski definition) is 1. The first-order valence-corrected chi connectivity index (χ1v) is 9.45. The number of aromatic nitrogens is 4. The molecular formula is C18H30N5O2+. The van der Waals surface area contributed by atoms with Crippen LogP contribution in [0.4, 0.5) is 0 Å². The molecule has 1 N–H and O–H groups in total. The van der Waals surface area contributed by atoms with E-state index in [1.165, 1.54) is 33.3 Å². The van der Waals surface area contributed by atoms with Crippen LogP contribution in [0.15, 0.2) is 9.59 Å². The van der Waals surface area contributed by atoms with Crippen LogP contribution < -0.4 is 16.1 Å². The van der Waals surface area contributed by atoms with Crippen molar-refractivity contribution in [3.05, 3.63) is 26.7 Å². The van der Waals surface area contributed by atoms with Crippen molar-refractivity contribution in [2.75, 3.05) is 6.54 Å². The maximum absolute atomic E-state index is 12.7. The lowest BCUT2D eigenvalue weighted by atomic mass is 10.0. The Labute approximate surface area is 147 Å². The fourth-order valence-electron chi connectivity index (χ4n) is 3.90. The first kappa shape index (κ1) is 17.9. The van der Waals surface area contributed by atoms with E-state index in [0.717, 1.165) is 38.3 Å². The lowest BCUT2D eigenvalue weighted by Crippen LogP contribution is -3.15. The third kappa shape index (κ3) is 3.17. The predicted octanol–water partition coefficient (Wildman–Crippen LogP) is 0.191. The van der Waals surface area contributed by atoms with Gasteiger partial charge in [0.1, 0.15) is 6.54 Å². The van der Waals surface area contributed by atoms with Crippen LogP contribution >= 0.6 is 0 Å². The van der Waals surface area contributed by atoms with Gasteiger partial charge in [0.05, 0.1) is 12.6 Å². The highest BCUT2D eigenvalue weighted by Gasteiger charge is 2.26. The maximum atomic E-state index is 12.7. The number of aryl methyl sites for hydroxylation is 2. The second kappa shape index (κ2) is 7.15. The molecule has 1 unspecified atom stereocenters. The normalized spacial score (nSPS) is 21.1. The predicted molar refractivity (Wildman–Crippen MR) is 98.0 cm³/mol. The van der Waals surface area contributed by atoms with Gasteiger partial charge in [-0.25, -0.2) is 9.78 Å². The first-order valence-electron chi connectivity index (χ1n) is 9.45. The summed E-state index contributed by atoms with van der Waals surface area (Å²) in [6, 6.07) is 0.611. The van der Waals surface area contributed by atoms with Gasteiger partial charge in [0.2, 0.25) is 0 Å². The molecule has 0 radical (unpaired) electrons. The van der Waals surface area contributed by atoms with Gasteiger partial charge in [-0.05, 0) is 32.6 Å². The molecule has 0 bridgehead atoms. The van der Waals surface area contributed by atoms with E-state index in [4.69, 9.17) is 4.98 Å². The lowest BCUT2D eigenvalue weighted by molar-refractivity contribution is -0.942. The molecule has 7 heteroatoms. The van der Waals surface area contributed by atoms with Crippen LogP contribution in [0.3, 0.4) is 0 Å². The average molecular weight is 348 g/mol. The first-order chi connectivity index (χ1) is 12.0. The minimum absolute atomic E-state index is 0.241. The Morgan fingerprint density at radius 2 is 1.96 bits per heavy atom. The molecule has 2 aromatic heterocycles. The molecule has 3 rings (SSSR count). The minimum Gasteiger partial charge on any atom is -0.326 e. The largest absolute Gasteiger partial charge is 0.332 e. The van der Waals surface area contributed by atoms with E-state index >= 15 is 0 Å². The van der Waals surface area contributed by atoms with Gasteiger partial charge in [0.25, 0.3) is 5.56 Å². The summed E-state index contributed by atoms with van der Waals surface area (Å²) in [6.07, 6.45) is 5.83. The molecule has 1 saturated heterocycles. The summed E-state index contributed by atoms with van der Waals surface area (Å²) in [4.78, 5) is 31.3. The molecule has 1 fully saturated rings. The quantitative estimate of drug-likeness (QED) is 0.839. The van der Waals surface area contributed by atoms with E-state index in [1.54, 1.807) is 14.1 Å². The second-order valence-electron chi connectivity index (χ2n) is 7.39. The highest BCUT2D eigenvalue weighted by molar-refractivity contribution is 5.71. The molecule has 25 heavy (non-hydrogen) atoms. The van der Waals surface area contributed by atoms with Crippen molar-refractivity contribution in [2.45, 2.75) is 65.1 Å². The number of hydrogen-bond acceptors (Lipinski definition) is 3. The van der Waals surface area contributed by atoms with Crippen LogP contribution in [0.5, 0.6) is 0 Å². The molecule has 1 aliphatic rings. The summed E-state index contributed by atoms with van der Waals surface area (Å²) < 4.78 is 4.75. The summed E-state index contributed by atoms with van der Waals surface area (Å²) in [6.45, 7) is 7.18. The van der Waals surface area contributed by atoms with Crippen molar-refractivity contribution in [1.29, 1.82) is 0 Å². The summed E-state index contributed by atoms with van der Waals surface area (Å²) in [5.41, 5.74) is 0.526. The number of nitrogens with zero attached hydrogens (tertiary/aromatic N) is 4. The smallest absolute Gasteiger partial charge is 0.326 e. The zero-order valence-electron chi connectivity index (χ0n) is 15.8. The Bertz CT molecular complexity index is 876. The van der Waals surface area contributed by atoms with Gasteiger partial charge in [-0.3, -0.25) is 13.9 Å². The standard InChI is InChI=1S/C18H29N5O2/c1-5-6-11-23-14(12-22-10-8-7-9-13(22)2)19-16-15(23)17(24)21(4)18(25)20(16)3/h13H,5-12H2,1-4H3/p+1/t13-/m1/s1. The number of imidazole rings is 1. The minimum atomic E-state index is -0.317. The monoisotopic (exact) mass is 348 g/mol. The Kier molecular flexibility index (Phi) is 5.13. The number of piperidine rings is 1. The molecule has 1 aliphatic heterocycles. The van der Waals surface area contributed by atoms with Crippen molar-refractivity contribution in [2.24, 2.45) is 14.1 Å². The number of fused-ring (bicyclic) bond motifs is 1. The van der Waals surface area contributed by atoms with Crippen LogP contribution in [-0.4, -0.2) is 31.3 Å². The molecular weight excluding hydrogens is 318 g/mol. The Balaban J connectivity index is 2.13. The number of unbranched alkanes of at least 4 members (excludes halogenated alkanes) is 1. The number of rotatable bonds is 5. The molecule has 0 aliphatic carbocycles. The molecule has 0 amide bonds. The van der Waals surface area contributed by atoms with E-state index in [-0.39, 0.29) is 11.2 Å². The lowest BCUT2D eigenvalue weighted by Gasteiger charge is -2.30. The molecule has 2 aromatic rings. The summed E-state index contributed by atoms with van der Waals surface area (Å²) in [5.74, 6) is 0.936. The number of nitrogens with one attached hydrogen (secondary N) is 1. The highest BCUT2D eigenvalue weighted by Crippen LogP contribution is 2.13. The van der Waals surface area contributed by atoms with Gasteiger partial charge in [0.15, 0.2) is 17.0 Å². The molecule has 7 nitrogen and oxygen atoms in total. The maximum Gasteiger partial charge on any atom is 0.332 e. The Morgan fingerprint density at radius 1 is 1.20 bits per heavy atom. The van der Waals surface area contributed by atoms with Crippen molar-refractivity contribution < 1.29 is 4.90 Å². The fraction of sp³-hybridized carbons (Fsp3) is 0.722. The van der Waals surface area contributed by atoms with Crippen molar-refractivity contribution in [3.8, 4) is 0 Å². The van der Waals surface area contributed by atoms with Gasteiger partial charge < -0.3 is 9.47 Å². The summed E-state index contributed by atoms with van der Waals surface area (Å²) in [7, 11) is 3.24. The van der Waals surface area contributed by atoms with Crippen molar-refractivity contribution in [3.63, 3.8) is 0 Å². The van der Waals surface area contributed by atoms with Gasteiger partial charge in [0, 0.05) is 20.6 Å². The molecule has 3 heterocycles. The van der Waals surface area contributed by atoms with Gasteiger partial charge >= 0.3 is 5.69 Å². The number of quaternary nitrogens is 1. The SMILES string of the molecule is CCCCn1c(C[NH+]2CCCC[C@H]2C)nc2c1c(=O)n(C)c(=O)n2C. The average Bonchev–Trinajstić information content (AvgIpc) is 2.96. The van der Waals surface area contributed by atoms with Crippen LogP contribution in [0.1, 0.15) is 51.8 Å². The van der Waals surface area contributed by atoms with Crippen molar-refractivity contribution in [1.82, 2.24) is 18.7 Å². The van der Waals surface area contributed by atoms with E-state index in [0.29, 0.717) is 17.2 Å². The fourth-order valence-corrected chi connectivity index (χ4v) is 3.90. The Morgan fingerprint density at radius 3 is 2.64 bits per heavy atom. The van der Waals surface area contributed by atoms with Crippen LogP contribution in [0.2, 0.25) is 0 Å². The Hall–Kier alpha value is -1.89. The number of likely N-dealkylation sites (tertiary alicyclic amines) is 1. The van der Waals surface area contributed by atoms with Gasteiger partial charge in [-0.15, -0.1) is 0 Å². The molecule has 0 saturated carbocycles. The summed E-state index contributed by atoms with van der Waals surface area (Å²) in [5, 5.41) is 0. The second-order valence-corrected chi connectivity index (χ2v) is 7.39. The van der Waals surface area contributed by atoms with Crippen LogP contribution in [0.25, 0.3) is 11.2 Å². The van der Waals surface area contributed by atoms with Crippen LogP contribution in [-0.2, 0) is 27.2 Å². The third-order valence-corrected chi connectivity index (χ3v) is 5.63.